The Hall–Kier alpha value is -17.9. The Kier molecular flexibility index (Phi) is 22.7. The van der Waals surface area contributed by atoms with E-state index in [-0.39, 0.29) is 12.7 Å². The molecule has 1 aliphatic rings. The normalized spacial score (nSPS) is 12.8. The molecule has 1 fully saturated rings. The van der Waals surface area contributed by atoms with Crippen molar-refractivity contribution < 1.29 is 35.8 Å². The third-order valence-corrected chi connectivity index (χ3v) is 26.5. The van der Waals surface area contributed by atoms with E-state index in [1.54, 1.807) is 0 Å². The van der Waals surface area contributed by atoms with Crippen LogP contribution in [0.4, 0.5) is 0 Å². The van der Waals surface area contributed by atoms with Gasteiger partial charge in [-0.25, -0.2) is 59.8 Å². The summed E-state index contributed by atoms with van der Waals surface area (Å²) in [5.74, 6) is 3.23. The van der Waals surface area contributed by atoms with Gasteiger partial charge < -0.3 is 35.8 Å². The van der Waals surface area contributed by atoms with E-state index >= 15 is 0 Å². The zero-order chi connectivity index (χ0) is 96.0. The van der Waals surface area contributed by atoms with Gasteiger partial charge in [0.05, 0.1) is 11.2 Å². The SMILES string of the molecule is C.CC1(C)OB(c2cccc(-c3nc(-c4ccccc4)nc4c3oc3ccccc34)c2)OC1(C)C.Clc1cccc(-c2nc(-c3ccccc3)nc3c2oc2ccccc23)c1.Clc1nc(-c2cccc(-c3nc(-c4ccccc4)nc4c3oc3ccccc34)c2)c2oc3ccccc3c2n1.c1ccc(-c2nc(-c3cccc(-c4nc(-c5ccccc5)nc5c4oc4ccccc45)c3)c3oc4ccccc4c3n2)cc1. The highest BCUT2D eigenvalue weighted by atomic mass is 35.5. The first kappa shape index (κ1) is 88.8. The summed E-state index contributed by atoms with van der Waals surface area (Å²) in [7, 11) is -0.452. The molecule has 12 aromatic heterocycles. The van der Waals surface area contributed by atoms with Gasteiger partial charge in [-0.1, -0.05) is 316 Å². The predicted molar refractivity (Wildman–Crippen MR) is 575 cm³/mol. The molecular formula is C121H81BCl2N12O8. The smallest absolute Gasteiger partial charge is 0.452 e. The number of aromatic nitrogens is 12. The van der Waals surface area contributed by atoms with Gasteiger partial charge in [0.2, 0.25) is 5.28 Å². The number of rotatable bonds is 12. The minimum Gasteiger partial charge on any atom is -0.452 e. The fourth-order valence-corrected chi connectivity index (χ4v) is 18.7. The lowest BCUT2D eigenvalue weighted by Gasteiger charge is -2.32. The van der Waals surface area contributed by atoms with Crippen molar-refractivity contribution in [1.29, 1.82) is 0 Å². The highest BCUT2D eigenvalue weighted by Crippen LogP contribution is 2.46. The molecule has 0 bridgehead atoms. The van der Waals surface area contributed by atoms with E-state index in [0.29, 0.717) is 95.9 Å². The average molecular weight is 1910 g/mol. The van der Waals surface area contributed by atoms with E-state index in [2.05, 4.69) is 49.8 Å². The van der Waals surface area contributed by atoms with Gasteiger partial charge in [0.15, 0.2) is 62.6 Å². The van der Waals surface area contributed by atoms with Crippen LogP contribution in [0.15, 0.2) is 421 Å². The van der Waals surface area contributed by atoms with Crippen molar-refractivity contribution in [2.45, 2.75) is 46.3 Å². The number of hydrogen-bond donors (Lipinski definition) is 0. The first-order chi connectivity index (χ1) is 70.1. The van der Waals surface area contributed by atoms with Gasteiger partial charge >= 0.3 is 7.12 Å². The molecule has 1 saturated heterocycles. The molecule has 144 heavy (non-hydrogen) atoms. The van der Waals surface area contributed by atoms with Crippen LogP contribution in [0.1, 0.15) is 35.1 Å². The molecule has 0 saturated carbocycles. The van der Waals surface area contributed by atoms with E-state index in [1.807, 2.05) is 382 Å². The van der Waals surface area contributed by atoms with Crippen molar-refractivity contribution in [3.05, 3.63) is 405 Å². The Morgan fingerprint density at radius 2 is 0.410 bits per heavy atom. The minimum absolute atomic E-state index is 0. The van der Waals surface area contributed by atoms with Gasteiger partial charge in [-0.15, -0.1) is 0 Å². The molecule has 0 aliphatic carbocycles. The molecule has 20 nitrogen and oxygen atoms in total. The second-order valence-corrected chi connectivity index (χ2v) is 36.5. The fraction of sp³-hybridized carbons (Fsp3) is 0.0579. The van der Waals surface area contributed by atoms with Gasteiger partial charge in [0.1, 0.15) is 101 Å². The largest absolute Gasteiger partial charge is 0.494 e. The molecule has 690 valence electrons. The first-order valence-electron chi connectivity index (χ1n) is 46.7. The van der Waals surface area contributed by atoms with Crippen molar-refractivity contribution in [3.63, 3.8) is 0 Å². The van der Waals surface area contributed by atoms with Gasteiger partial charge in [0.25, 0.3) is 0 Å². The molecule has 13 heterocycles. The number of nitrogens with zero attached hydrogens (tertiary/aromatic N) is 12. The maximum Gasteiger partial charge on any atom is 0.494 e. The van der Waals surface area contributed by atoms with Crippen LogP contribution < -0.4 is 5.46 Å². The molecule has 0 unspecified atom stereocenters. The van der Waals surface area contributed by atoms with Crippen molar-refractivity contribution in [2.24, 2.45) is 0 Å². The van der Waals surface area contributed by atoms with Crippen LogP contribution in [0.3, 0.4) is 0 Å². The second kappa shape index (κ2) is 36.7. The number of benzene rings is 15. The maximum absolute atomic E-state index is 6.40. The van der Waals surface area contributed by atoms with Crippen molar-refractivity contribution in [1.82, 2.24) is 59.8 Å². The molecule has 0 amide bonds. The standard InChI is InChI=1S/C38H22N4O2.C32H17ClN4O2.C28H25BN2O3.C22H13ClN2O.CH4/c1-3-12-23(13-4-1)37-39-31(35-33(41-37)27-18-7-9-20-29(27)43-35)25-16-11-17-26(22-25)32-36-34(28-19-8-10-21-30(28)44-36)42-38(40-32)24-14-5-2-6-15-24;33-32-36-26(30-28(37-32)22-14-5-7-16-24(22)39-30)20-12-8-11-19(17-20)25-29-27(21-13-4-6-15-23(21)38-29)35-31(34-25)18-9-2-1-3-10-18;1-27(2)28(3,4)34-29(33-27)20-14-10-13-19(17-20)23-25-24(21-15-8-9-16-22(21)32-25)31-26(30-23)18-11-6-5-7-12-18;23-16-10-6-9-15(13-16)19-21-20(17-11-4-5-12-18(17)26-21)25-22(24-19)14-7-2-1-3-8-14;/h1-22H;1-17H;5-17H,1-4H3;1-13H;1H4. The summed E-state index contributed by atoms with van der Waals surface area (Å²) in [6, 6.07) is 129. The summed E-state index contributed by atoms with van der Waals surface area (Å²) < 4.78 is 50.3. The van der Waals surface area contributed by atoms with E-state index in [9.17, 15) is 0 Å². The van der Waals surface area contributed by atoms with Gasteiger partial charge in [0, 0.05) is 98.5 Å². The zero-order valence-corrected chi connectivity index (χ0v) is 78.5. The molecule has 0 spiro atoms. The monoisotopic (exact) mass is 1910 g/mol. The summed E-state index contributed by atoms with van der Waals surface area (Å²) in [6.45, 7) is 8.24. The highest BCUT2D eigenvalue weighted by Gasteiger charge is 2.52. The lowest BCUT2D eigenvalue weighted by molar-refractivity contribution is 0.00578. The minimum atomic E-state index is -0.452. The van der Waals surface area contributed by atoms with Crippen LogP contribution in [0.2, 0.25) is 10.3 Å². The predicted octanol–water partition coefficient (Wildman–Crippen LogP) is 31.5. The van der Waals surface area contributed by atoms with Gasteiger partial charge in [-0.3, -0.25) is 0 Å². The second-order valence-electron chi connectivity index (χ2n) is 35.7. The van der Waals surface area contributed by atoms with Crippen LogP contribution in [-0.4, -0.2) is 78.1 Å². The summed E-state index contributed by atoms with van der Waals surface area (Å²) in [6.07, 6.45) is 0. The molecule has 27 aromatic rings. The van der Waals surface area contributed by atoms with E-state index in [1.165, 1.54) is 0 Å². The Bertz CT molecular complexity index is 9450. The zero-order valence-electron chi connectivity index (χ0n) is 77.0. The third kappa shape index (κ3) is 16.4. The molecule has 0 radical (unpaired) electrons. The van der Waals surface area contributed by atoms with Crippen molar-refractivity contribution in [2.75, 3.05) is 0 Å². The first-order valence-corrected chi connectivity index (χ1v) is 47.4. The van der Waals surface area contributed by atoms with Gasteiger partial charge in [-0.05, 0) is 142 Å². The molecule has 0 N–H and O–H groups in total. The average Bonchev–Trinajstić information content (AvgIpc) is 1.57. The Morgan fingerprint density at radius 3 is 0.674 bits per heavy atom. The molecule has 15 aromatic carbocycles. The van der Waals surface area contributed by atoms with Crippen LogP contribution in [-0.2, 0) is 9.31 Å². The van der Waals surface area contributed by atoms with Crippen LogP contribution in [0.5, 0.6) is 0 Å². The molecule has 28 rings (SSSR count). The lowest BCUT2D eigenvalue weighted by Crippen LogP contribution is -2.41. The highest BCUT2D eigenvalue weighted by molar-refractivity contribution is 6.62. The van der Waals surface area contributed by atoms with Crippen LogP contribution >= 0.6 is 23.2 Å². The lowest BCUT2D eigenvalue weighted by atomic mass is 9.78. The number of furan rings is 6. The van der Waals surface area contributed by atoms with Crippen LogP contribution in [0.25, 0.3) is 257 Å². The number of hydrogen-bond acceptors (Lipinski definition) is 20. The van der Waals surface area contributed by atoms with E-state index in [0.717, 1.165) is 171 Å². The van der Waals surface area contributed by atoms with E-state index < -0.39 is 18.3 Å². The van der Waals surface area contributed by atoms with E-state index in [4.69, 9.17) is 109 Å². The summed E-state index contributed by atoms with van der Waals surface area (Å²) >= 11 is 12.6. The van der Waals surface area contributed by atoms with Gasteiger partial charge in [-0.2, -0.15) is 0 Å². The Morgan fingerprint density at radius 1 is 0.201 bits per heavy atom. The van der Waals surface area contributed by atoms with Crippen molar-refractivity contribution >= 4 is 168 Å². The Balaban J connectivity index is 0.000000105. The molecule has 23 heteroatoms. The number of halogens is 2. The molecule has 1 aliphatic heterocycles. The van der Waals surface area contributed by atoms with Crippen LogP contribution in [0, 0.1) is 0 Å². The topological polar surface area (TPSA) is 252 Å². The molecular weight excluding hydrogens is 1830 g/mol. The maximum atomic E-state index is 6.40. The third-order valence-electron chi connectivity index (χ3n) is 26.1. The van der Waals surface area contributed by atoms with Crippen molar-refractivity contribution in [3.8, 4) is 124 Å². The number of para-hydroxylation sites is 6. The number of fused-ring (bicyclic) bond motifs is 18. The molecule has 0 atom stereocenters. The quantitative estimate of drug-likeness (QED) is 0.0814. The fourth-order valence-electron chi connectivity index (χ4n) is 18.3. The Labute approximate surface area is 833 Å². The summed E-state index contributed by atoms with van der Waals surface area (Å²) in [5, 5.41) is 6.50. The summed E-state index contributed by atoms with van der Waals surface area (Å²) in [5.41, 5.74) is 27.4. The summed E-state index contributed by atoms with van der Waals surface area (Å²) in [4.78, 5) is 58.5.